The molecule has 1 aromatic rings. The first kappa shape index (κ1) is 8.27. The summed E-state index contributed by atoms with van der Waals surface area (Å²) in [7, 11) is -2.32. The highest BCUT2D eigenvalue weighted by Crippen LogP contribution is 2.06. The van der Waals surface area contributed by atoms with Crippen molar-refractivity contribution in [3.05, 3.63) is 35.4 Å². The van der Waals surface area contributed by atoms with Gasteiger partial charge in [-0.05, 0) is 24.1 Å². The smallest absolute Gasteiger partial charge is 0.144 e. The van der Waals surface area contributed by atoms with Gasteiger partial charge in [0.2, 0.25) is 0 Å². The third-order valence-corrected chi connectivity index (χ3v) is 2.04. The molecule has 0 atom stereocenters. The average molecular weight is 169 g/mol. The topological polar surface area (TPSA) is 34.1 Å². The van der Waals surface area contributed by atoms with E-state index < -0.39 is 10.7 Å². The zero-order chi connectivity index (χ0) is 8.27. The molecule has 1 aromatic carbocycles. The van der Waals surface area contributed by atoms with Crippen LogP contribution in [0, 0.1) is 13.0 Å². The van der Waals surface area contributed by atoms with E-state index in [4.69, 9.17) is 0 Å². The Morgan fingerprint density at radius 2 is 2.27 bits per heavy atom. The SMILES string of the molecule is Cc1ccc[c]c1C[SH](=O)=O. The van der Waals surface area contributed by atoms with Crippen LogP contribution in [-0.4, -0.2) is 8.42 Å². The average Bonchev–Trinajstić information content (AvgIpc) is 1.93. The molecule has 0 saturated carbocycles. The number of benzene rings is 1. The van der Waals surface area contributed by atoms with Crippen LogP contribution in [0.15, 0.2) is 18.2 Å². The van der Waals surface area contributed by atoms with Gasteiger partial charge >= 0.3 is 0 Å². The van der Waals surface area contributed by atoms with Crippen LogP contribution in [0.4, 0.5) is 0 Å². The molecule has 1 radical (unpaired) electrons. The van der Waals surface area contributed by atoms with Crippen LogP contribution >= 0.6 is 0 Å². The summed E-state index contributed by atoms with van der Waals surface area (Å²) in [5.74, 6) is 0.0992. The molecular weight excluding hydrogens is 160 g/mol. The van der Waals surface area contributed by atoms with Crippen molar-refractivity contribution in [1.82, 2.24) is 0 Å². The molecule has 2 nitrogen and oxygen atoms in total. The lowest BCUT2D eigenvalue weighted by molar-refractivity contribution is 0.614. The number of aryl methyl sites for hydroxylation is 1. The normalized spacial score (nSPS) is 10.4. The minimum Gasteiger partial charge on any atom is -0.232 e. The Hall–Kier alpha value is -0.830. The Morgan fingerprint density at radius 1 is 1.55 bits per heavy atom. The molecule has 0 fully saturated rings. The second-order valence-corrected chi connectivity index (χ2v) is 3.30. The lowest BCUT2D eigenvalue weighted by Crippen LogP contribution is -1.89. The van der Waals surface area contributed by atoms with Crippen LogP contribution in [0.3, 0.4) is 0 Å². The zero-order valence-corrected chi connectivity index (χ0v) is 7.10. The largest absolute Gasteiger partial charge is 0.232 e. The predicted molar refractivity (Wildman–Crippen MR) is 44.0 cm³/mol. The first-order valence-corrected chi connectivity index (χ1v) is 4.64. The number of hydrogen-bond acceptors (Lipinski definition) is 2. The quantitative estimate of drug-likeness (QED) is 0.668. The summed E-state index contributed by atoms with van der Waals surface area (Å²) in [5, 5.41) is 0. The third-order valence-electron chi connectivity index (χ3n) is 1.46. The lowest BCUT2D eigenvalue weighted by atomic mass is 10.1. The molecule has 11 heavy (non-hydrogen) atoms. The van der Waals surface area contributed by atoms with Gasteiger partial charge in [-0.1, -0.05) is 18.2 Å². The molecule has 59 valence electrons. The van der Waals surface area contributed by atoms with E-state index in [9.17, 15) is 8.42 Å². The van der Waals surface area contributed by atoms with Crippen molar-refractivity contribution in [2.45, 2.75) is 12.7 Å². The van der Waals surface area contributed by atoms with E-state index in [0.29, 0.717) is 0 Å². The molecule has 1 rings (SSSR count). The molecule has 0 saturated heterocycles. The molecule has 3 heteroatoms. The molecule has 0 heterocycles. The second kappa shape index (κ2) is 3.53. The maximum absolute atomic E-state index is 10.3. The van der Waals surface area contributed by atoms with Crippen molar-refractivity contribution in [3.63, 3.8) is 0 Å². The first-order valence-electron chi connectivity index (χ1n) is 3.28. The van der Waals surface area contributed by atoms with Crippen LogP contribution in [-0.2, 0) is 16.5 Å². The van der Waals surface area contributed by atoms with E-state index in [1.54, 1.807) is 6.07 Å². The van der Waals surface area contributed by atoms with Crippen LogP contribution in [0.2, 0.25) is 0 Å². The lowest BCUT2D eigenvalue weighted by Gasteiger charge is -1.97. The van der Waals surface area contributed by atoms with Crippen molar-refractivity contribution in [2.75, 3.05) is 0 Å². The van der Waals surface area contributed by atoms with Gasteiger partial charge < -0.3 is 0 Å². The number of thiol groups is 1. The Balaban J connectivity index is 2.94. The van der Waals surface area contributed by atoms with Gasteiger partial charge in [-0.25, -0.2) is 8.42 Å². The fourth-order valence-corrected chi connectivity index (χ4v) is 1.45. The maximum atomic E-state index is 10.3. The first-order chi connectivity index (χ1) is 5.20. The Kier molecular flexibility index (Phi) is 2.65. The fourth-order valence-electron chi connectivity index (χ4n) is 0.855. The summed E-state index contributed by atoms with van der Waals surface area (Å²) in [6, 6.07) is 8.33. The third kappa shape index (κ3) is 2.35. The van der Waals surface area contributed by atoms with Gasteiger partial charge in [-0.15, -0.1) is 0 Å². The molecule has 0 aliphatic heterocycles. The highest BCUT2D eigenvalue weighted by atomic mass is 32.2. The van der Waals surface area contributed by atoms with Crippen molar-refractivity contribution >= 4 is 10.7 Å². The van der Waals surface area contributed by atoms with E-state index >= 15 is 0 Å². The van der Waals surface area contributed by atoms with Gasteiger partial charge in [-0.2, -0.15) is 0 Å². The van der Waals surface area contributed by atoms with Gasteiger partial charge in [0.15, 0.2) is 0 Å². The maximum Gasteiger partial charge on any atom is 0.144 e. The summed E-state index contributed by atoms with van der Waals surface area (Å²) in [6.07, 6.45) is 0. The summed E-state index contributed by atoms with van der Waals surface area (Å²) < 4.78 is 20.7. The van der Waals surface area contributed by atoms with Crippen LogP contribution in [0.25, 0.3) is 0 Å². The van der Waals surface area contributed by atoms with Gasteiger partial charge in [0.05, 0.1) is 5.75 Å². The van der Waals surface area contributed by atoms with Gasteiger partial charge in [0.25, 0.3) is 0 Å². The Bertz CT molecular complexity index is 308. The molecular formula is C8H9O2S. The van der Waals surface area contributed by atoms with E-state index in [0.717, 1.165) is 11.1 Å². The Morgan fingerprint density at radius 3 is 2.82 bits per heavy atom. The predicted octanol–water partition coefficient (Wildman–Crippen LogP) is 0.907. The number of rotatable bonds is 2. The highest BCUT2D eigenvalue weighted by molar-refractivity contribution is 7.71. The van der Waals surface area contributed by atoms with Crippen molar-refractivity contribution in [1.29, 1.82) is 0 Å². The minimum atomic E-state index is -2.32. The molecule has 0 aromatic heterocycles. The second-order valence-electron chi connectivity index (χ2n) is 2.32. The van der Waals surface area contributed by atoms with Crippen LogP contribution in [0.1, 0.15) is 11.1 Å². The summed E-state index contributed by atoms with van der Waals surface area (Å²) >= 11 is 0. The van der Waals surface area contributed by atoms with Crippen molar-refractivity contribution < 1.29 is 8.42 Å². The summed E-state index contributed by atoms with van der Waals surface area (Å²) in [5.41, 5.74) is 1.75. The molecule has 0 aliphatic rings. The van der Waals surface area contributed by atoms with Crippen LogP contribution < -0.4 is 0 Å². The molecule has 0 amide bonds. The van der Waals surface area contributed by atoms with Crippen molar-refractivity contribution in [2.24, 2.45) is 0 Å². The number of hydrogen-bond donors (Lipinski definition) is 1. The van der Waals surface area contributed by atoms with Gasteiger partial charge in [0, 0.05) is 0 Å². The summed E-state index contributed by atoms with van der Waals surface area (Å²) in [6.45, 7) is 1.88. The molecule has 0 spiro atoms. The Labute approximate surface area is 67.8 Å². The monoisotopic (exact) mass is 169 g/mol. The molecule has 0 aliphatic carbocycles. The van der Waals surface area contributed by atoms with E-state index in [-0.39, 0.29) is 5.75 Å². The highest BCUT2D eigenvalue weighted by Gasteiger charge is 1.96. The van der Waals surface area contributed by atoms with E-state index in [2.05, 4.69) is 6.07 Å². The van der Waals surface area contributed by atoms with Crippen LogP contribution in [0.5, 0.6) is 0 Å². The van der Waals surface area contributed by atoms with Crippen molar-refractivity contribution in [3.8, 4) is 0 Å². The van der Waals surface area contributed by atoms with E-state index in [1.807, 2.05) is 19.1 Å². The zero-order valence-electron chi connectivity index (χ0n) is 6.20. The molecule has 0 bridgehead atoms. The van der Waals surface area contributed by atoms with E-state index in [1.165, 1.54) is 0 Å². The van der Waals surface area contributed by atoms with Gasteiger partial charge in [-0.3, -0.25) is 0 Å². The fraction of sp³-hybridized carbons (Fsp3) is 0.250. The van der Waals surface area contributed by atoms with Gasteiger partial charge in [0.1, 0.15) is 10.7 Å². The summed E-state index contributed by atoms with van der Waals surface area (Å²) in [4.78, 5) is 0. The standard InChI is InChI=1S/C8H9O2S/c1-7-4-2-3-5-8(7)6-11(9)10/h2-4,11H,6H2,1H3. The molecule has 0 N–H and O–H groups in total. The molecule has 0 unspecified atom stereocenters. The minimum absolute atomic E-state index is 0.0992.